The smallest absolute Gasteiger partial charge is 0.234 e. The highest BCUT2D eigenvalue weighted by Gasteiger charge is 2.29. The van der Waals surface area contributed by atoms with E-state index in [1.807, 2.05) is 7.05 Å². The Kier molecular flexibility index (Phi) is 5.83. The predicted molar refractivity (Wildman–Crippen MR) is 100 cm³/mol. The van der Waals surface area contributed by atoms with Gasteiger partial charge in [-0.2, -0.15) is 0 Å². The number of pyridine rings is 1. The minimum Gasteiger partial charge on any atom is -0.323 e. The number of halogens is 1. The van der Waals surface area contributed by atoms with E-state index in [-0.39, 0.29) is 34.2 Å². The number of amides is 1. The summed E-state index contributed by atoms with van der Waals surface area (Å²) in [6.45, 7) is 0. The van der Waals surface area contributed by atoms with E-state index in [0.29, 0.717) is 23.7 Å². The van der Waals surface area contributed by atoms with Crippen LogP contribution in [-0.4, -0.2) is 51.3 Å². The number of hydrogen-bond acceptors (Lipinski definition) is 7. The Morgan fingerprint density at radius 3 is 2.96 bits per heavy atom. The average molecular weight is 416 g/mol. The van der Waals surface area contributed by atoms with Crippen LogP contribution in [0.5, 0.6) is 0 Å². The Morgan fingerprint density at radius 2 is 2.27 bits per heavy atom. The molecule has 0 aliphatic carbocycles. The number of aromatic nitrogens is 4. The van der Waals surface area contributed by atoms with Crippen LogP contribution >= 0.6 is 23.4 Å². The van der Waals surface area contributed by atoms with Crippen molar-refractivity contribution in [3.05, 3.63) is 29.3 Å². The third-order valence-corrected chi connectivity index (χ3v) is 7.25. The van der Waals surface area contributed by atoms with Crippen molar-refractivity contribution in [3.8, 4) is 0 Å². The molecule has 1 atom stereocenters. The summed E-state index contributed by atoms with van der Waals surface area (Å²) in [5, 5.41) is 11.8. The molecule has 140 valence electrons. The SMILES string of the molecule is Cn1c(C[C@H]2CCS(=O)(=O)C2)nnc1SCC(=O)Nc1cccnc1Cl. The van der Waals surface area contributed by atoms with Crippen LogP contribution in [0.2, 0.25) is 5.15 Å². The number of thioether (sulfide) groups is 1. The zero-order chi connectivity index (χ0) is 18.7. The van der Waals surface area contributed by atoms with Gasteiger partial charge in [-0.25, -0.2) is 13.4 Å². The molecule has 3 heterocycles. The molecule has 8 nitrogen and oxygen atoms in total. The molecule has 0 bridgehead atoms. The topological polar surface area (TPSA) is 107 Å². The number of carbonyl (C=O) groups is 1. The molecule has 26 heavy (non-hydrogen) atoms. The summed E-state index contributed by atoms with van der Waals surface area (Å²) >= 11 is 7.17. The standard InChI is InChI=1S/C15H18ClN5O3S2/c1-21-12(7-10-4-6-26(23,24)9-10)19-20-15(21)25-8-13(22)18-11-3-2-5-17-14(11)16/h2-3,5,10H,4,6-9H2,1H3,(H,18,22)/t10-/m1/s1. The minimum absolute atomic E-state index is 0.0803. The van der Waals surface area contributed by atoms with Gasteiger partial charge in [0.25, 0.3) is 0 Å². The maximum atomic E-state index is 12.1. The average Bonchev–Trinajstić information content (AvgIpc) is 3.11. The van der Waals surface area contributed by atoms with Gasteiger partial charge in [-0.1, -0.05) is 23.4 Å². The largest absolute Gasteiger partial charge is 0.323 e. The first-order valence-electron chi connectivity index (χ1n) is 7.96. The summed E-state index contributed by atoms with van der Waals surface area (Å²) in [6.07, 6.45) is 2.77. The van der Waals surface area contributed by atoms with E-state index in [9.17, 15) is 13.2 Å². The summed E-state index contributed by atoms with van der Waals surface area (Å²) in [4.78, 5) is 16.0. The molecule has 0 aromatic carbocycles. The Labute approximate surface area is 160 Å². The lowest BCUT2D eigenvalue weighted by Gasteiger charge is -2.08. The molecular formula is C15H18ClN5O3S2. The molecule has 11 heteroatoms. The fourth-order valence-electron chi connectivity index (χ4n) is 2.74. The monoisotopic (exact) mass is 415 g/mol. The molecule has 1 aliphatic rings. The van der Waals surface area contributed by atoms with E-state index in [4.69, 9.17) is 11.6 Å². The molecule has 1 fully saturated rings. The van der Waals surface area contributed by atoms with Gasteiger partial charge in [0.05, 0.1) is 22.9 Å². The van der Waals surface area contributed by atoms with Crippen molar-refractivity contribution in [1.82, 2.24) is 19.7 Å². The number of sulfone groups is 1. The summed E-state index contributed by atoms with van der Waals surface area (Å²) in [5.74, 6) is 1.18. The molecule has 2 aromatic heterocycles. The van der Waals surface area contributed by atoms with E-state index in [1.165, 1.54) is 11.8 Å². The lowest BCUT2D eigenvalue weighted by atomic mass is 10.1. The molecule has 0 unspecified atom stereocenters. The maximum Gasteiger partial charge on any atom is 0.234 e. The van der Waals surface area contributed by atoms with Crippen LogP contribution in [0.4, 0.5) is 5.69 Å². The van der Waals surface area contributed by atoms with Gasteiger partial charge in [0.1, 0.15) is 5.82 Å². The number of rotatable bonds is 6. The molecule has 3 rings (SSSR count). The molecule has 0 radical (unpaired) electrons. The van der Waals surface area contributed by atoms with E-state index >= 15 is 0 Å². The first-order valence-corrected chi connectivity index (χ1v) is 11.1. The summed E-state index contributed by atoms with van der Waals surface area (Å²) in [7, 11) is -1.09. The van der Waals surface area contributed by atoms with Gasteiger partial charge in [0, 0.05) is 19.7 Å². The van der Waals surface area contributed by atoms with Crippen LogP contribution in [0.3, 0.4) is 0 Å². The van der Waals surface area contributed by atoms with Gasteiger partial charge in [0.15, 0.2) is 20.1 Å². The number of hydrogen-bond donors (Lipinski definition) is 1. The number of nitrogens with zero attached hydrogens (tertiary/aromatic N) is 4. The third kappa shape index (κ3) is 4.74. The molecule has 0 spiro atoms. The molecule has 0 saturated carbocycles. The number of nitrogens with one attached hydrogen (secondary N) is 1. The van der Waals surface area contributed by atoms with Crippen molar-refractivity contribution in [1.29, 1.82) is 0 Å². The van der Waals surface area contributed by atoms with E-state index in [0.717, 1.165) is 5.82 Å². The predicted octanol–water partition coefficient (Wildman–Crippen LogP) is 1.57. The van der Waals surface area contributed by atoms with Crippen molar-refractivity contribution in [2.75, 3.05) is 22.6 Å². The van der Waals surface area contributed by atoms with Crippen LogP contribution in [0, 0.1) is 5.92 Å². The quantitative estimate of drug-likeness (QED) is 0.563. The second kappa shape index (κ2) is 7.93. The molecule has 1 saturated heterocycles. The molecule has 1 N–H and O–H groups in total. The van der Waals surface area contributed by atoms with E-state index in [1.54, 1.807) is 22.9 Å². The second-order valence-electron chi connectivity index (χ2n) is 6.11. The lowest BCUT2D eigenvalue weighted by Crippen LogP contribution is -2.15. The number of anilines is 1. The normalized spacial score (nSPS) is 18.8. The van der Waals surface area contributed by atoms with Gasteiger partial charge in [-0.15, -0.1) is 10.2 Å². The Bertz CT molecular complexity index is 916. The molecule has 1 amide bonds. The van der Waals surface area contributed by atoms with Crippen LogP contribution in [0.15, 0.2) is 23.5 Å². The Balaban J connectivity index is 1.55. The van der Waals surface area contributed by atoms with Crippen molar-refractivity contribution < 1.29 is 13.2 Å². The summed E-state index contributed by atoms with van der Waals surface area (Å²) in [6, 6.07) is 3.36. The van der Waals surface area contributed by atoms with Crippen molar-refractivity contribution in [2.24, 2.45) is 13.0 Å². The fraction of sp³-hybridized carbons (Fsp3) is 0.467. The maximum absolute atomic E-state index is 12.1. The highest BCUT2D eigenvalue weighted by Crippen LogP contribution is 2.24. The zero-order valence-electron chi connectivity index (χ0n) is 14.1. The van der Waals surface area contributed by atoms with Gasteiger partial charge in [0.2, 0.25) is 5.91 Å². The third-order valence-electron chi connectivity index (χ3n) is 4.09. The first kappa shape index (κ1) is 19.1. The van der Waals surface area contributed by atoms with Gasteiger partial charge in [-0.3, -0.25) is 4.79 Å². The molecular weight excluding hydrogens is 398 g/mol. The Hall–Kier alpha value is -1.65. The highest BCUT2D eigenvalue weighted by atomic mass is 35.5. The van der Waals surface area contributed by atoms with Crippen LogP contribution < -0.4 is 5.32 Å². The van der Waals surface area contributed by atoms with Crippen LogP contribution in [0.25, 0.3) is 0 Å². The van der Waals surface area contributed by atoms with Crippen molar-refractivity contribution in [2.45, 2.75) is 18.0 Å². The van der Waals surface area contributed by atoms with Gasteiger partial charge < -0.3 is 9.88 Å². The van der Waals surface area contributed by atoms with Crippen molar-refractivity contribution >= 4 is 44.8 Å². The number of carbonyl (C=O) groups excluding carboxylic acids is 1. The van der Waals surface area contributed by atoms with Gasteiger partial charge in [-0.05, 0) is 24.5 Å². The van der Waals surface area contributed by atoms with Crippen LogP contribution in [0.1, 0.15) is 12.2 Å². The first-order chi connectivity index (χ1) is 12.3. The molecule has 1 aliphatic heterocycles. The zero-order valence-corrected chi connectivity index (χ0v) is 16.4. The summed E-state index contributed by atoms with van der Waals surface area (Å²) in [5.41, 5.74) is 0.459. The lowest BCUT2D eigenvalue weighted by molar-refractivity contribution is -0.113. The van der Waals surface area contributed by atoms with E-state index in [2.05, 4.69) is 20.5 Å². The van der Waals surface area contributed by atoms with E-state index < -0.39 is 9.84 Å². The van der Waals surface area contributed by atoms with Gasteiger partial charge >= 0.3 is 0 Å². The second-order valence-corrected chi connectivity index (χ2v) is 9.64. The summed E-state index contributed by atoms with van der Waals surface area (Å²) < 4.78 is 24.9. The highest BCUT2D eigenvalue weighted by molar-refractivity contribution is 7.99. The Morgan fingerprint density at radius 1 is 1.46 bits per heavy atom. The van der Waals surface area contributed by atoms with Crippen molar-refractivity contribution in [3.63, 3.8) is 0 Å². The van der Waals surface area contributed by atoms with Crippen LogP contribution in [-0.2, 0) is 28.1 Å². The molecule has 2 aromatic rings. The minimum atomic E-state index is -2.91. The fourth-order valence-corrected chi connectivity index (χ4v) is 5.49.